The standard InChI is InChI=1S/Cl6Si2.Cl3H3Si2/c1-7(2,3)8(4,5)6;1-5(2,3)4/h;4H3. The van der Waals surface area contributed by atoms with Crippen LogP contribution in [0.1, 0.15) is 0 Å². The highest BCUT2D eigenvalue weighted by Gasteiger charge is 2.52. The minimum atomic E-state index is -3.01. The molecule has 0 aromatic rings. The van der Waals surface area contributed by atoms with Gasteiger partial charge < -0.3 is 0 Å². The summed E-state index contributed by atoms with van der Waals surface area (Å²) in [5.74, 6) is 0. The predicted octanol–water partition coefficient (Wildman–Crippen LogP) is 3.88. The molecule has 0 saturated heterocycles. The maximum absolute atomic E-state index is 5.34. The van der Waals surface area contributed by atoms with Crippen LogP contribution in [0, 0.1) is 0 Å². The fourth-order valence-electron chi connectivity index (χ4n) is 0. The Balaban J connectivity index is 0. The molecular weight excluding hydrogens is 431 g/mol. The SMILES string of the molecule is Cl[Si](Cl)(Cl)[Si](Cl)(Cl)Cl.[SiH3][Si](Cl)(Cl)Cl. The van der Waals surface area contributed by atoms with Crippen molar-refractivity contribution in [2.75, 3.05) is 0 Å². The van der Waals surface area contributed by atoms with Crippen LogP contribution in [0.15, 0.2) is 0 Å². The van der Waals surface area contributed by atoms with E-state index in [1.807, 2.05) is 0 Å². The van der Waals surface area contributed by atoms with Crippen LogP contribution in [0.5, 0.6) is 0 Å². The molecule has 82 valence electrons. The van der Waals surface area contributed by atoms with Gasteiger partial charge in [-0.1, -0.05) is 0 Å². The molecule has 0 spiro atoms. The fourth-order valence-corrected chi connectivity index (χ4v) is 0. The second-order valence-corrected chi connectivity index (χ2v) is 48.0. The summed E-state index contributed by atoms with van der Waals surface area (Å²) < 4.78 is 0. The Labute approximate surface area is 124 Å². The normalized spacial score (nSPS) is 13.6. The maximum Gasteiger partial charge on any atom is 0.376 e. The average Bonchev–Trinajstić information content (AvgIpc) is 1.50. The van der Waals surface area contributed by atoms with Gasteiger partial charge in [0.1, 0.15) is 0 Å². The van der Waals surface area contributed by atoms with Crippen molar-refractivity contribution in [2.45, 2.75) is 0 Å². The maximum atomic E-state index is 5.34. The minimum absolute atomic E-state index is 0.743. The third-order valence-electron chi connectivity index (χ3n) is 0.321. The summed E-state index contributed by atoms with van der Waals surface area (Å²) in [5, 5.41) is 0. The van der Waals surface area contributed by atoms with Gasteiger partial charge in [-0.15, -0.1) is 99.7 Å². The Morgan fingerprint density at radius 2 is 0.615 bits per heavy atom. The van der Waals surface area contributed by atoms with Gasteiger partial charge >= 0.3 is 16.6 Å². The zero-order valence-electron chi connectivity index (χ0n) is 5.90. The summed E-state index contributed by atoms with van der Waals surface area (Å²) in [6.07, 6.45) is 0. The molecule has 0 amide bonds. The van der Waals surface area contributed by atoms with Crippen molar-refractivity contribution in [3.8, 4) is 0 Å². The lowest BCUT2D eigenvalue weighted by atomic mass is 26.7. The van der Waals surface area contributed by atoms with Crippen molar-refractivity contribution in [3.05, 3.63) is 0 Å². The lowest BCUT2D eigenvalue weighted by Gasteiger charge is -2.12. The van der Waals surface area contributed by atoms with Gasteiger partial charge in [-0.25, -0.2) is 0 Å². The first-order valence-corrected chi connectivity index (χ1v) is 22.1. The number of hydrogen-bond donors (Lipinski definition) is 0. The molecular formula is H3Cl9Si4. The number of halogens is 9. The molecule has 0 nitrogen and oxygen atoms in total. The topological polar surface area (TPSA) is 0 Å². The second-order valence-electron chi connectivity index (χ2n) is 1.78. The van der Waals surface area contributed by atoms with Crippen LogP contribution < -0.4 is 0 Å². The molecule has 13 heavy (non-hydrogen) atoms. The van der Waals surface area contributed by atoms with Crippen LogP contribution in [0.2, 0.25) is 0 Å². The Hall–Kier alpha value is 3.48. The van der Waals surface area contributed by atoms with E-state index in [9.17, 15) is 0 Å². The van der Waals surface area contributed by atoms with Crippen LogP contribution >= 0.6 is 99.7 Å². The van der Waals surface area contributed by atoms with Gasteiger partial charge in [0.15, 0.2) is 0 Å². The van der Waals surface area contributed by atoms with Crippen molar-refractivity contribution >= 4 is 126 Å². The zero-order valence-corrected chi connectivity index (χ0v) is 17.7. The third kappa shape index (κ3) is 18.1. The van der Waals surface area contributed by atoms with Crippen molar-refractivity contribution in [1.82, 2.24) is 0 Å². The molecule has 0 aliphatic carbocycles. The lowest BCUT2D eigenvalue weighted by molar-refractivity contribution is 3.49. The summed E-state index contributed by atoms with van der Waals surface area (Å²) in [4.78, 5) is 0. The van der Waals surface area contributed by atoms with Crippen LogP contribution in [0.3, 0.4) is 0 Å². The van der Waals surface area contributed by atoms with Gasteiger partial charge in [0, 0.05) is 0 Å². The van der Waals surface area contributed by atoms with Gasteiger partial charge in [-0.3, -0.25) is 0 Å². The van der Waals surface area contributed by atoms with Crippen molar-refractivity contribution < 1.29 is 0 Å². The van der Waals surface area contributed by atoms with Gasteiger partial charge in [-0.2, -0.15) is 0 Å². The molecule has 0 fully saturated rings. The molecule has 0 bridgehead atoms. The predicted molar refractivity (Wildman–Crippen MR) is 79.9 cm³/mol. The largest absolute Gasteiger partial charge is 0.376 e. The van der Waals surface area contributed by atoms with E-state index in [0.29, 0.717) is 0 Å². The summed E-state index contributed by atoms with van der Waals surface area (Å²) in [7, 11) is 0.743. The number of rotatable bonds is 1. The van der Waals surface area contributed by atoms with E-state index >= 15 is 0 Å². The Kier molecular flexibility index (Phi) is 10.2. The molecule has 0 aliphatic rings. The van der Waals surface area contributed by atoms with Gasteiger partial charge in [0.05, 0.1) is 9.76 Å². The van der Waals surface area contributed by atoms with Crippen LogP contribution in [-0.2, 0) is 0 Å². The molecule has 0 rings (SSSR count). The molecule has 0 atom stereocenters. The first-order valence-electron chi connectivity index (χ1n) is 2.45. The third-order valence-corrected chi connectivity index (χ3v) is 26.0. The number of hydrogen-bond acceptors (Lipinski definition) is 0. The van der Waals surface area contributed by atoms with Crippen LogP contribution in [0.4, 0.5) is 0 Å². The smallest absolute Gasteiger partial charge is 0.131 e. The molecule has 0 N–H and O–H groups in total. The van der Waals surface area contributed by atoms with E-state index in [-0.39, 0.29) is 0 Å². The highest BCUT2D eigenvalue weighted by atomic mass is 35.9. The summed E-state index contributed by atoms with van der Waals surface area (Å²) in [6.45, 7) is 0. The van der Waals surface area contributed by atoms with Crippen LogP contribution in [0.25, 0.3) is 0 Å². The van der Waals surface area contributed by atoms with Gasteiger partial charge in [-0.05, 0) is 0 Å². The van der Waals surface area contributed by atoms with E-state index in [4.69, 9.17) is 99.7 Å². The molecule has 0 heterocycles. The van der Waals surface area contributed by atoms with E-state index in [1.54, 1.807) is 0 Å². The highest BCUT2D eigenvalue weighted by molar-refractivity contribution is 8.10. The van der Waals surface area contributed by atoms with Crippen molar-refractivity contribution in [2.24, 2.45) is 0 Å². The first kappa shape index (κ1) is 18.8. The zero-order chi connectivity index (χ0) is 11.5. The monoisotopic (exact) mass is 430 g/mol. The van der Waals surface area contributed by atoms with Gasteiger partial charge in [0.25, 0.3) is 0 Å². The van der Waals surface area contributed by atoms with E-state index in [0.717, 1.165) is 9.76 Å². The second kappa shape index (κ2) is 7.03. The Bertz CT molecular complexity index is 115. The average molecular weight is 434 g/mol. The summed E-state index contributed by atoms with van der Waals surface area (Å²) in [5.41, 5.74) is -8.07. The lowest BCUT2D eigenvalue weighted by Crippen LogP contribution is -2.36. The van der Waals surface area contributed by atoms with E-state index in [1.165, 1.54) is 0 Å². The van der Waals surface area contributed by atoms with Crippen molar-refractivity contribution in [1.29, 1.82) is 0 Å². The highest BCUT2D eigenvalue weighted by Crippen LogP contribution is 2.39. The molecule has 0 aliphatic heterocycles. The van der Waals surface area contributed by atoms with E-state index < -0.39 is 16.6 Å². The fraction of sp³-hybridized carbons (Fsp3) is 0. The summed E-state index contributed by atoms with van der Waals surface area (Å²) >= 11 is 47.9. The van der Waals surface area contributed by atoms with E-state index in [2.05, 4.69) is 0 Å². The quantitative estimate of drug-likeness (QED) is 0.434. The van der Waals surface area contributed by atoms with Crippen molar-refractivity contribution in [3.63, 3.8) is 0 Å². The van der Waals surface area contributed by atoms with Gasteiger partial charge in [0.2, 0.25) is 0 Å². The molecule has 0 aromatic heterocycles. The first-order chi connectivity index (χ1) is 5.25. The molecule has 0 saturated carbocycles. The Morgan fingerprint density at radius 1 is 0.538 bits per heavy atom. The molecule has 13 heteroatoms. The molecule has 0 aromatic carbocycles. The minimum Gasteiger partial charge on any atom is -0.131 e. The molecule has 0 unspecified atom stereocenters. The summed E-state index contributed by atoms with van der Waals surface area (Å²) in [6, 6.07) is 0. The van der Waals surface area contributed by atoms with Crippen LogP contribution in [-0.4, -0.2) is 26.3 Å². The Morgan fingerprint density at radius 3 is 0.615 bits per heavy atom. The molecule has 0 radical (unpaired) electrons.